The third-order valence-electron chi connectivity index (χ3n) is 2.41. The SMILES string of the molecule is CCCC(C)NC(C)Cc1ccsc1. The van der Waals surface area contributed by atoms with E-state index in [9.17, 15) is 0 Å². The predicted molar refractivity (Wildman–Crippen MR) is 65.0 cm³/mol. The molecule has 1 heterocycles. The number of hydrogen-bond acceptors (Lipinski definition) is 2. The Balaban J connectivity index is 2.25. The maximum Gasteiger partial charge on any atom is 0.00819 e. The van der Waals surface area contributed by atoms with E-state index in [4.69, 9.17) is 0 Å². The molecule has 0 saturated carbocycles. The van der Waals surface area contributed by atoms with Crippen LogP contribution < -0.4 is 5.32 Å². The van der Waals surface area contributed by atoms with Gasteiger partial charge in [0.15, 0.2) is 0 Å². The van der Waals surface area contributed by atoms with Crippen molar-refractivity contribution in [3.8, 4) is 0 Å². The predicted octanol–water partition coefficient (Wildman–Crippen LogP) is 3.46. The van der Waals surface area contributed by atoms with Crippen molar-refractivity contribution in [3.05, 3.63) is 22.4 Å². The molecule has 0 fully saturated rings. The number of thiophene rings is 1. The zero-order chi connectivity index (χ0) is 10.4. The van der Waals surface area contributed by atoms with Crippen LogP contribution in [-0.4, -0.2) is 12.1 Å². The molecule has 14 heavy (non-hydrogen) atoms. The molecule has 1 aromatic heterocycles. The van der Waals surface area contributed by atoms with E-state index in [1.165, 1.54) is 18.4 Å². The maximum absolute atomic E-state index is 3.62. The first-order valence-corrected chi connectivity index (χ1v) is 6.43. The van der Waals surface area contributed by atoms with Crippen molar-refractivity contribution in [3.63, 3.8) is 0 Å². The first-order chi connectivity index (χ1) is 6.72. The Hall–Kier alpha value is -0.340. The standard InChI is InChI=1S/C12H21NS/c1-4-5-10(2)13-11(3)8-12-6-7-14-9-12/h6-7,9-11,13H,4-5,8H2,1-3H3. The van der Waals surface area contributed by atoms with Crippen LogP contribution in [0.2, 0.25) is 0 Å². The van der Waals surface area contributed by atoms with Gasteiger partial charge < -0.3 is 5.32 Å². The first-order valence-electron chi connectivity index (χ1n) is 5.49. The van der Waals surface area contributed by atoms with Gasteiger partial charge in [-0.1, -0.05) is 13.3 Å². The van der Waals surface area contributed by atoms with Crippen LogP contribution in [0.15, 0.2) is 16.8 Å². The molecule has 0 radical (unpaired) electrons. The highest BCUT2D eigenvalue weighted by atomic mass is 32.1. The van der Waals surface area contributed by atoms with Gasteiger partial charge >= 0.3 is 0 Å². The lowest BCUT2D eigenvalue weighted by Gasteiger charge is -2.19. The van der Waals surface area contributed by atoms with Crippen LogP contribution >= 0.6 is 11.3 Å². The number of rotatable bonds is 6. The smallest absolute Gasteiger partial charge is 0.00819 e. The van der Waals surface area contributed by atoms with E-state index in [0.29, 0.717) is 12.1 Å². The van der Waals surface area contributed by atoms with Crippen LogP contribution in [-0.2, 0) is 6.42 Å². The molecule has 0 amide bonds. The monoisotopic (exact) mass is 211 g/mol. The van der Waals surface area contributed by atoms with E-state index in [0.717, 1.165) is 6.42 Å². The van der Waals surface area contributed by atoms with Gasteiger partial charge in [0, 0.05) is 12.1 Å². The molecule has 0 aliphatic carbocycles. The minimum absolute atomic E-state index is 0.589. The molecule has 1 nitrogen and oxygen atoms in total. The molecule has 2 heteroatoms. The molecule has 1 rings (SSSR count). The van der Waals surface area contributed by atoms with Crippen LogP contribution in [0.25, 0.3) is 0 Å². The Morgan fingerprint density at radius 3 is 2.71 bits per heavy atom. The second-order valence-electron chi connectivity index (χ2n) is 4.09. The lowest BCUT2D eigenvalue weighted by Crippen LogP contribution is -2.35. The quantitative estimate of drug-likeness (QED) is 0.760. The average Bonchev–Trinajstić information content (AvgIpc) is 2.56. The first kappa shape index (κ1) is 11.7. The zero-order valence-corrected chi connectivity index (χ0v) is 10.2. The van der Waals surface area contributed by atoms with Gasteiger partial charge in [-0.15, -0.1) is 0 Å². The largest absolute Gasteiger partial charge is 0.311 e. The molecule has 0 aromatic carbocycles. The number of nitrogens with one attached hydrogen (secondary N) is 1. The molecule has 1 aromatic rings. The van der Waals surface area contributed by atoms with Gasteiger partial charge in [-0.3, -0.25) is 0 Å². The van der Waals surface area contributed by atoms with E-state index >= 15 is 0 Å². The number of hydrogen-bond donors (Lipinski definition) is 1. The molecule has 0 spiro atoms. The zero-order valence-electron chi connectivity index (χ0n) is 9.42. The summed E-state index contributed by atoms with van der Waals surface area (Å²) in [4.78, 5) is 0. The van der Waals surface area contributed by atoms with E-state index in [-0.39, 0.29) is 0 Å². The Bertz CT molecular complexity index is 230. The fraction of sp³-hybridized carbons (Fsp3) is 0.667. The summed E-state index contributed by atoms with van der Waals surface area (Å²) in [7, 11) is 0. The van der Waals surface area contributed by atoms with Crippen molar-refractivity contribution in [2.24, 2.45) is 0 Å². The van der Waals surface area contributed by atoms with E-state index < -0.39 is 0 Å². The lowest BCUT2D eigenvalue weighted by atomic mass is 10.1. The molecule has 1 N–H and O–H groups in total. The highest BCUT2D eigenvalue weighted by Gasteiger charge is 2.07. The van der Waals surface area contributed by atoms with Gasteiger partial charge in [0.05, 0.1) is 0 Å². The molecule has 0 aliphatic heterocycles. The molecule has 0 bridgehead atoms. The summed E-state index contributed by atoms with van der Waals surface area (Å²) in [6.45, 7) is 6.78. The van der Waals surface area contributed by atoms with Crippen LogP contribution in [0.1, 0.15) is 39.2 Å². The van der Waals surface area contributed by atoms with Crippen molar-refractivity contribution in [1.29, 1.82) is 0 Å². The Kier molecular flexibility index (Phi) is 5.20. The van der Waals surface area contributed by atoms with Crippen molar-refractivity contribution < 1.29 is 0 Å². The summed E-state index contributed by atoms with van der Waals surface area (Å²) in [5, 5.41) is 8.01. The maximum atomic E-state index is 3.62. The van der Waals surface area contributed by atoms with Crippen LogP contribution in [0.3, 0.4) is 0 Å². The fourth-order valence-electron chi connectivity index (χ4n) is 1.82. The van der Waals surface area contributed by atoms with E-state index in [1.807, 2.05) is 0 Å². The van der Waals surface area contributed by atoms with Crippen LogP contribution in [0.5, 0.6) is 0 Å². The van der Waals surface area contributed by atoms with Crippen molar-refractivity contribution in [2.45, 2.75) is 52.1 Å². The summed E-state index contributed by atoms with van der Waals surface area (Å²) in [6.07, 6.45) is 3.69. The second kappa shape index (κ2) is 6.20. The molecule has 2 unspecified atom stereocenters. The lowest BCUT2D eigenvalue weighted by molar-refractivity contribution is 0.441. The minimum Gasteiger partial charge on any atom is -0.311 e. The third kappa shape index (κ3) is 4.25. The Morgan fingerprint density at radius 2 is 2.14 bits per heavy atom. The summed E-state index contributed by atoms with van der Waals surface area (Å²) in [6, 6.07) is 3.45. The highest BCUT2D eigenvalue weighted by Crippen LogP contribution is 2.09. The van der Waals surface area contributed by atoms with E-state index in [2.05, 4.69) is 42.9 Å². The second-order valence-corrected chi connectivity index (χ2v) is 4.87. The summed E-state index contributed by atoms with van der Waals surface area (Å²) in [5.74, 6) is 0. The van der Waals surface area contributed by atoms with Gasteiger partial charge in [-0.2, -0.15) is 11.3 Å². The van der Waals surface area contributed by atoms with Crippen LogP contribution in [0, 0.1) is 0 Å². The molecular weight excluding hydrogens is 190 g/mol. The van der Waals surface area contributed by atoms with Gasteiger partial charge in [-0.25, -0.2) is 0 Å². The fourth-order valence-corrected chi connectivity index (χ4v) is 2.50. The minimum atomic E-state index is 0.589. The molecule has 0 saturated heterocycles. The van der Waals surface area contributed by atoms with E-state index in [1.54, 1.807) is 11.3 Å². The highest BCUT2D eigenvalue weighted by molar-refractivity contribution is 7.07. The molecule has 0 aliphatic rings. The molecule has 80 valence electrons. The summed E-state index contributed by atoms with van der Waals surface area (Å²) >= 11 is 1.78. The van der Waals surface area contributed by atoms with Gasteiger partial charge in [0.1, 0.15) is 0 Å². The van der Waals surface area contributed by atoms with Gasteiger partial charge in [0.2, 0.25) is 0 Å². The summed E-state index contributed by atoms with van der Waals surface area (Å²) in [5.41, 5.74) is 1.46. The average molecular weight is 211 g/mol. The molecule has 2 atom stereocenters. The van der Waals surface area contributed by atoms with Crippen molar-refractivity contribution in [2.75, 3.05) is 0 Å². The summed E-state index contributed by atoms with van der Waals surface area (Å²) < 4.78 is 0. The van der Waals surface area contributed by atoms with Crippen molar-refractivity contribution >= 4 is 11.3 Å². The third-order valence-corrected chi connectivity index (χ3v) is 3.14. The Morgan fingerprint density at radius 1 is 1.36 bits per heavy atom. The van der Waals surface area contributed by atoms with Gasteiger partial charge in [-0.05, 0) is 49.1 Å². The normalized spacial score (nSPS) is 15.4. The van der Waals surface area contributed by atoms with Crippen molar-refractivity contribution in [1.82, 2.24) is 5.32 Å². The van der Waals surface area contributed by atoms with Gasteiger partial charge in [0.25, 0.3) is 0 Å². The van der Waals surface area contributed by atoms with Crippen LogP contribution in [0.4, 0.5) is 0 Å². The molecular formula is C12H21NS. The topological polar surface area (TPSA) is 12.0 Å². The Labute approximate surface area is 91.5 Å².